The highest BCUT2D eigenvalue weighted by molar-refractivity contribution is 7.86. The fourth-order valence-corrected chi connectivity index (χ4v) is 2.14. The Hall–Kier alpha value is -0.950. The van der Waals surface area contributed by atoms with Crippen molar-refractivity contribution in [2.45, 2.75) is 18.2 Å². The number of aliphatic hydroxyl groups is 1. The molecule has 0 spiro atoms. The number of hydrogen-bond acceptors (Lipinski definition) is 5. The molecule has 0 bridgehead atoms. The highest BCUT2D eigenvalue weighted by atomic mass is 32.2. The van der Waals surface area contributed by atoms with Gasteiger partial charge in [0, 0.05) is 13.2 Å². The molecule has 0 aliphatic carbocycles. The van der Waals surface area contributed by atoms with E-state index in [0.29, 0.717) is 13.0 Å². The lowest BCUT2D eigenvalue weighted by Crippen LogP contribution is -2.12. The first kappa shape index (κ1) is 15.1. The molecule has 0 aliphatic heterocycles. The Kier molecular flexibility index (Phi) is 6.28. The van der Waals surface area contributed by atoms with Gasteiger partial charge in [-0.1, -0.05) is 17.7 Å². The van der Waals surface area contributed by atoms with Crippen LogP contribution in [0.5, 0.6) is 0 Å². The quantitative estimate of drug-likeness (QED) is 0.567. The molecule has 0 atom stereocenters. The van der Waals surface area contributed by atoms with Crippen molar-refractivity contribution in [2.75, 3.05) is 26.4 Å². The van der Waals surface area contributed by atoms with Crippen LogP contribution in [0.2, 0.25) is 0 Å². The number of aliphatic hydroxyl groups excluding tert-OH is 1. The molecule has 18 heavy (non-hydrogen) atoms. The van der Waals surface area contributed by atoms with E-state index in [9.17, 15) is 8.42 Å². The van der Waals surface area contributed by atoms with Gasteiger partial charge in [0.25, 0.3) is 10.1 Å². The average molecular weight is 274 g/mol. The monoisotopic (exact) mass is 274 g/mol. The maximum Gasteiger partial charge on any atom is 0.297 e. The molecule has 5 nitrogen and oxygen atoms in total. The Bertz CT molecular complexity index is 438. The van der Waals surface area contributed by atoms with Gasteiger partial charge in [0.15, 0.2) is 0 Å². The normalized spacial score (nSPS) is 11.7. The minimum Gasteiger partial charge on any atom is -0.396 e. The minimum absolute atomic E-state index is 0.0262. The first-order valence-corrected chi connectivity index (χ1v) is 7.12. The summed E-state index contributed by atoms with van der Waals surface area (Å²) < 4.78 is 33.3. The maximum absolute atomic E-state index is 11.7. The Balaban J connectivity index is 2.38. The summed E-state index contributed by atoms with van der Waals surface area (Å²) in [5.74, 6) is 0. The van der Waals surface area contributed by atoms with Crippen LogP contribution in [0, 0.1) is 6.92 Å². The third-order valence-corrected chi connectivity index (χ3v) is 3.55. The molecule has 1 aromatic rings. The van der Waals surface area contributed by atoms with E-state index in [4.69, 9.17) is 14.0 Å². The number of rotatable bonds is 8. The van der Waals surface area contributed by atoms with Crippen molar-refractivity contribution >= 4 is 10.1 Å². The molecule has 1 rings (SSSR count). The van der Waals surface area contributed by atoms with Gasteiger partial charge in [0.2, 0.25) is 0 Å². The van der Waals surface area contributed by atoms with Crippen molar-refractivity contribution in [1.29, 1.82) is 0 Å². The molecule has 0 fully saturated rings. The standard InChI is InChI=1S/C12H18O5S/c1-11-3-5-12(6-4-11)18(14,15)17-10-9-16-8-2-7-13/h3-6,13H,2,7-10H2,1H3. The molecule has 0 saturated heterocycles. The smallest absolute Gasteiger partial charge is 0.297 e. The van der Waals surface area contributed by atoms with Gasteiger partial charge in [0.1, 0.15) is 0 Å². The van der Waals surface area contributed by atoms with Gasteiger partial charge >= 0.3 is 0 Å². The first-order valence-electron chi connectivity index (χ1n) is 5.71. The summed E-state index contributed by atoms with van der Waals surface area (Å²) in [5.41, 5.74) is 0.987. The molecule has 0 saturated carbocycles. The Morgan fingerprint density at radius 2 is 1.78 bits per heavy atom. The van der Waals surface area contributed by atoms with Gasteiger partial charge in [0.05, 0.1) is 18.1 Å². The first-order chi connectivity index (χ1) is 8.56. The summed E-state index contributed by atoms with van der Waals surface area (Å²) in [6.45, 7) is 2.49. The van der Waals surface area contributed by atoms with Crippen LogP contribution in [-0.2, 0) is 19.0 Å². The van der Waals surface area contributed by atoms with Crippen molar-refractivity contribution in [2.24, 2.45) is 0 Å². The molecule has 0 aromatic heterocycles. The highest BCUT2D eigenvalue weighted by Crippen LogP contribution is 2.12. The predicted molar refractivity (Wildman–Crippen MR) is 66.8 cm³/mol. The van der Waals surface area contributed by atoms with E-state index < -0.39 is 10.1 Å². The van der Waals surface area contributed by atoms with Crippen LogP contribution < -0.4 is 0 Å². The van der Waals surface area contributed by atoms with Gasteiger partial charge in [-0.15, -0.1) is 0 Å². The van der Waals surface area contributed by atoms with E-state index in [1.807, 2.05) is 6.92 Å². The summed E-state index contributed by atoms with van der Waals surface area (Å²) in [5, 5.41) is 8.52. The van der Waals surface area contributed by atoms with Crippen LogP contribution in [0.15, 0.2) is 29.2 Å². The maximum atomic E-state index is 11.7. The van der Waals surface area contributed by atoms with Crippen molar-refractivity contribution < 1.29 is 22.4 Å². The number of benzene rings is 1. The van der Waals surface area contributed by atoms with Gasteiger partial charge in [-0.2, -0.15) is 8.42 Å². The van der Waals surface area contributed by atoms with Crippen LogP contribution in [0.3, 0.4) is 0 Å². The van der Waals surface area contributed by atoms with Gasteiger partial charge in [-0.3, -0.25) is 4.18 Å². The SMILES string of the molecule is Cc1ccc(S(=O)(=O)OCCOCCCO)cc1. The summed E-state index contributed by atoms with van der Waals surface area (Å²) >= 11 is 0. The van der Waals surface area contributed by atoms with Crippen LogP contribution in [0.25, 0.3) is 0 Å². The molecule has 6 heteroatoms. The van der Waals surface area contributed by atoms with Crippen molar-refractivity contribution in [3.8, 4) is 0 Å². The summed E-state index contributed by atoms with van der Waals surface area (Å²) in [4.78, 5) is 0.142. The van der Waals surface area contributed by atoms with Crippen molar-refractivity contribution in [3.63, 3.8) is 0 Å². The number of hydrogen-bond donors (Lipinski definition) is 1. The molecule has 1 N–H and O–H groups in total. The Morgan fingerprint density at radius 3 is 2.39 bits per heavy atom. The zero-order chi connectivity index (χ0) is 13.4. The second-order valence-corrected chi connectivity index (χ2v) is 5.39. The van der Waals surface area contributed by atoms with Crippen LogP contribution >= 0.6 is 0 Å². The predicted octanol–water partition coefficient (Wildman–Crippen LogP) is 1.10. The summed E-state index contributed by atoms with van der Waals surface area (Å²) in [7, 11) is -3.70. The lowest BCUT2D eigenvalue weighted by Gasteiger charge is -2.06. The number of aryl methyl sites for hydroxylation is 1. The molecule has 0 amide bonds. The minimum atomic E-state index is -3.70. The van der Waals surface area contributed by atoms with Gasteiger partial charge < -0.3 is 9.84 Å². The molecule has 0 radical (unpaired) electrons. The van der Waals surface area contributed by atoms with Crippen LogP contribution in [-0.4, -0.2) is 40.0 Å². The topological polar surface area (TPSA) is 72.8 Å². The van der Waals surface area contributed by atoms with Gasteiger partial charge in [-0.25, -0.2) is 0 Å². The second-order valence-electron chi connectivity index (χ2n) is 3.78. The molecular formula is C12H18O5S. The van der Waals surface area contributed by atoms with Crippen molar-refractivity contribution in [1.82, 2.24) is 0 Å². The van der Waals surface area contributed by atoms with E-state index in [-0.39, 0.29) is 24.7 Å². The van der Waals surface area contributed by atoms with Crippen LogP contribution in [0.4, 0.5) is 0 Å². The fourth-order valence-electron chi connectivity index (χ4n) is 1.24. The van der Waals surface area contributed by atoms with Crippen LogP contribution in [0.1, 0.15) is 12.0 Å². The van der Waals surface area contributed by atoms with E-state index in [0.717, 1.165) is 5.56 Å². The largest absolute Gasteiger partial charge is 0.396 e. The molecule has 0 unspecified atom stereocenters. The zero-order valence-corrected chi connectivity index (χ0v) is 11.1. The van der Waals surface area contributed by atoms with E-state index >= 15 is 0 Å². The third kappa shape index (κ3) is 5.14. The highest BCUT2D eigenvalue weighted by Gasteiger charge is 2.14. The molecular weight excluding hydrogens is 256 g/mol. The molecule has 0 heterocycles. The second kappa shape index (κ2) is 7.48. The lowest BCUT2D eigenvalue weighted by atomic mass is 10.2. The molecule has 0 aliphatic rings. The zero-order valence-electron chi connectivity index (χ0n) is 10.3. The Morgan fingerprint density at radius 1 is 1.11 bits per heavy atom. The van der Waals surface area contributed by atoms with E-state index in [2.05, 4.69) is 0 Å². The average Bonchev–Trinajstić information content (AvgIpc) is 2.34. The summed E-state index contributed by atoms with van der Waals surface area (Å²) in [6, 6.07) is 6.45. The fraction of sp³-hybridized carbons (Fsp3) is 0.500. The van der Waals surface area contributed by atoms with E-state index in [1.54, 1.807) is 12.1 Å². The Labute approximate surface area is 107 Å². The van der Waals surface area contributed by atoms with Crippen molar-refractivity contribution in [3.05, 3.63) is 29.8 Å². The molecule has 1 aromatic carbocycles. The van der Waals surface area contributed by atoms with Gasteiger partial charge in [-0.05, 0) is 25.5 Å². The lowest BCUT2D eigenvalue weighted by molar-refractivity contribution is 0.0899. The molecule has 102 valence electrons. The number of ether oxygens (including phenoxy) is 1. The van der Waals surface area contributed by atoms with E-state index in [1.165, 1.54) is 12.1 Å². The summed E-state index contributed by atoms with van der Waals surface area (Å²) in [6.07, 6.45) is 0.532. The third-order valence-electron chi connectivity index (χ3n) is 2.22.